The number of aliphatic hydroxyl groups is 1. The number of carbonyl (C=O) groups is 2. The van der Waals surface area contributed by atoms with E-state index in [1.807, 2.05) is 0 Å². The fourth-order valence-corrected chi connectivity index (χ4v) is 1.94. The third kappa shape index (κ3) is 5.09. The summed E-state index contributed by atoms with van der Waals surface area (Å²) in [5, 5.41) is 26.0. The number of hydrogen-bond donors (Lipinski definition) is 3. The zero-order chi connectivity index (χ0) is 14.3. The van der Waals surface area contributed by atoms with Crippen molar-refractivity contribution in [3.63, 3.8) is 0 Å². The molecule has 0 bridgehead atoms. The van der Waals surface area contributed by atoms with Gasteiger partial charge in [-0.1, -0.05) is 31.4 Å². The monoisotopic (exact) mass is 266 g/mol. The Kier molecular flexibility index (Phi) is 6.02. The standard InChI is InChI=1S/C8H6O4.C6H12O/c9-7(10)5-3-1-2-4-6(5)8(11)12;7-6-4-2-1-3-5-6/h1-4H,(H,9,10)(H,11,12);6-7H,1-5H2. The molecule has 0 aromatic heterocycles. The van der Waals surface area contributed by atoms with Crippen LogP contribution in [0.25, 0.3) is 0 Å². The lowest BCUT2D eigenvalue weighted by atomic mass is 9.98. The predicted octanol–water partition coefficient (Wildman–Crippen LogP) is 2.39. The summed E-state index contributed by atoms with van der Waals surface area (Å²) in [6, 6.07) is 5.48. The third-order valence-electron chi connectivity index (χ3n) is 2.96. The molecular weight excluding hydrogens is 248 g/mol. The lowest BCUT2D eigenvalue weighted by molar-refractivity contribution is 0.0651. The van der Waals surface area contributed by atoms with Crippen molar-refractivity contribution in [1.29, 1.82) is 0 Å². The fourth-order valence-electron chi connectivity index (χ4n) is 1.94. The van der Waals surface area contributed by atoms with Gasteiger partial charge in [-0.25, -0.2) is 9.59 Å². The molecule has 1 saturated carbocycles. The van der Waals surface area contributed by atoms with E-state index in [2.05, 4.69) is 0 Å². The van der Waals surface area contributed by atoms with Crippen LogP contribution in [0.15, 0.2) is 24.3 Å². The summed E-state index contributed by atoms with van der Waals surface area (Å²) in [5.74, 6) is -2.46. The zero-order valence-electron chi connectivity index (χ0n) is 10.6. The zero-order valence-corrected chi connectivity index (χ0v) is 10.6. The fraction of sp³-hybridized carbons (Fsp3) is 0.429. The van der Waals surface area contributed by atoms with Crippen molar-refractivity contribution < 1.29 is 24.9 Å². The van der Waals surface area contributed by atoms with Gasteiger partial charge in [-0.3, -0.25) is 0 Å². The molecule has 0 atom stereocenters. The second kappa shape index (κ2) is 7.53. The topological polar surface area (TPSA) is 94.8 Å². The number of benzene rings is 1. The maximum absolute atomic E-state index is 10.5. The molecule has 1 aromatic rings. The molecular formula is C14H18O5. The van der Waals surface area contributed by atoms with E-state index in [9.17, 15) is 9.59 Å². The smallest absolute Gasteiger partial charge is 0.336 e. The van der Waals surface area contributed by atoms with Crippen molar-refractivity contribution in [1.82, 2.24) is 0 Å². The summed E-state index contributed by atoms with van der Waals surface area (Å²) < 4.78 is 0. The third-order valence-corrected chi connectivity index (χ3v) is 2.96. The molecule has 1 aliphatic carbocycles. The molecule has 5 nitrogen and oxygen atoms in total. The first kappa shape index (κ1) is 15.2. The first-order valence-corrected chi connectivity index (χ1v) is 6.26. The van der Waals surface area contributed by atoms with E-state index in [1.54, 1.807) is 0 Å². The summed E-state index contributed by atoms with van der Waals surface area (Å²) in [6.45, 7) is 0. The van der Waals surface area contributed by atoms with Crippen LogP contribution in [0.2, 0.25) is 0 Å². The summed E-state index contributed by atoms with van der Waals surface area (Å²) >= 11 is 0. The molecule has 0 saturated heterocycles. The van der Waals surface area contributed by atoms with Gasteiger partial charge < -0.3 is 15.3 Å². The Morgan fingerprint density at radius 3 is 1.58 bits per heavy atom. The Morgan fingerprint density at radius 2 is 1.32 bits per heavy atom. The highest BCUT2D eigenvalue weighted by Gasteiger charge is 2.13. The average molecular weight is 266 g/mol. The van der Waals surface area contributed by atoms with Crippen LogP contribution in [0.4, 0.5) is 0 Å². The summed E-state index contributed by atoms with van der Waals surface area (Å²) in [6.07, 6.45) is 5.92. The number of carboxylic acids is 2. The Morgan fingerprint density at radius 1 is 0.895 bits per heavy atom. The van der Waals surface area contributed by atoms with E-state index in [0.29, 0.717) is 0 Å². The first-order chi connectivity index (χ1) is 9.02. The summed E-state index contributed by atoms with van der Waals surface area (Å²) in [5.41, 5.74) is -0.380. The Labute approximate surface area is 111 Å². The van der Waals surface area contributed by atoms with Crippen LogP contribution >= 0.6 is 0 Å². The Hall–Kier alpha value is -1.88. The average Bonchev–Trinajstić information content (AvgIpc) is 2.40. The van der Waals surface area contributed by atoms with E-state index >= 15 is 0 Å². The van der Waals surface area contributed by atoms with Crippen LogP contribution < -0.4 is 0 Å². The lowest BCUT2D eigenvalue weighted by Crippen LogP contribution is -2.09. The molecule has 0 amide bonds. The minimum Gasteiger partial charge on any atom is -0.478 e. The van der Waals surface area contributed by atoms with Crippen LogP contribution in [-0.4, -0.2) is 33.4 Å². The number of hydrogen-bond acceptors (Lipinski definition) is 3. The molecule has 1 fully saturated rings. The van der Waals surface area contributed by atoms with Gasteiger partial charge in [-0.2, -0.15) is 0 Å². The minimum atomic E-state index is -1.23. The van der Waals surface area contributed by atoms with E-state index in [0.717, 1.165) is 12.8 Å². The summed E-state index contributed by atoms with van der Waals surface area (Å²) in [4.78, 5) is 20.9. The van der Waals surface area contributed by atoms with Gasteiger partial charge in [0.25, 0.3) is 0 Å². The second-order valence-electron chi connectivity index (χ2n) is 4.45. The number of rotatable bonds is 2. The van der Waals surface area contributed by atoms with Crippen LogP contribution in [-0.2, 0) is 0 Å². The van der Waals surface area contributed by atoms with Crippen molar-refractivity contribution in [3.8, 4) is 0 Å². The largest absolute Gasteiger partial charge is 0.478 e. The normalized spacial score (nSPS) is 15.2. The van der Waals surface area contributed by atoms with Gasteiger partial charge in [0, 0.05) is 0 Å². The maximum atomic E-state index is 10.5. The van der Waals surface area contributed by atoms with E-state index < -0.39 is 11.9 Å². The number of aliphatic hydroxyl groups excluding tert-OH is 1. The minimum absolute atomic E-state index is 0.0359. The van der Waals surface area contributed by atoms with Crippen molar-refractivity contribution in [2.45, 2.75) is 38.2 Å². The van der Waals surface area contributed by atoms with Crippen molar-refractivity contribution in [2.24, 2.45) is 0 Å². The highest BCUT2D eigenvalue weighted by atomic mass is 16.4. The highest BCUT2D eigenvalue weighted by Crippen LogP contribution is 2.16. The van der Waals surface area contributed by atoms with Gasteiger partial charge in [-0.15, -0.1) is 0 Å². The molecule has 1 aromatic carbocycles. The molecule has 2 rings (SSSR count). The van der Waals surface area contributed by atoms with Crippen molar-refractivity contribution in [2.75, 3.05) is 0 Å². The van der Waals surface area contributed by atoms with E-state index in [-0.39, 0.29) is 17.2 Å². The number of aromatic carboxylic acids is 2. The van der Waals surface area contributed by atoms with Gasteiger partial charge in [-0.05, 0) is 25.0 Å². The van der Waals surface area contributed by atoms with Gasteiger partial charge in [0.1, 0.15) is 0 Å². The van der Waals surface area contributed by atoms with Crippen LogP contribution in [0.5, 0.6) is 0 Å². The predicted molar refractivity (Wildman–Crippen MR) is 69.5 cm³/mol. The molecule has 3 N–H and O–H groups in total. The van der Waals surface area contributed by atoms with Gasteiger partial charge in [0.2, 0.25) is 0 Å². The maximum Gasteiger partial charge on any atom is 0.336 e. The molecule has 0 spiro atoms. The van der Waals surface area contributed by atoms with Crippen LogP contribution in [0.1, 0.15) is 52.8 Å². The Bertz CT molecular complexity index is 402. The van der Waals surface area contributed by atoms with E-state index in [4.69, 9.17) is 15.3 Å². The molecule has 1 aliphatic rings. The quantitative estimate of drug-likeness (QED) is 0.764. The van der Waals surface area contributed by atoms with Crippen molar-refractivity contribution >= 4 is 11.9 Å². The second-order valence-corrected chi connectivity index (χ2v) is 4.45. The molecule has 5 heteroatoms. The molecule has 0 aliphatic heterocycles. The lowest BCUT2D eigenvalue weighted by Gasteiger charge is -2.14. The SMILES string of the molecule is O=C(O)c1ccccc1C(=O)O.OC1CCCCC1. The van der Waals surface area contributed by atoms with Crippen molar-refractivity contribution in [3.05, 3.63) is 35.4 Å². The Balaban J connectivity index is 0.000000218. The summed E-state index contributed by atoms with van der Waals surface area (Å²) in [7, 11) is 0. The van der Waals surface area contributed by atoms with Crippen LogP contribution in [0, 0.1) is 0 Å². The van der Waals surface area contributed by atoms with Crippen LogP contribution in [0.3, 0.4) is 0 Å². The molecule has 0 heterocycles. The first-order valence-electron chi connectivity index (χ1n) is 6.26. The highest BCUT2D eigenvalue weighted by molar-refractivity contribution is 6.01. The molecule has 0 radical (unpaired) electrons. The van der Waals surface area contributed by atoms with Gasteiger partial charge in [0.15, 0.2) is 0 Å². The van der Waals surface area contributed by atoms with Gasteiger partial charge in [0.05, 0.1) is 17.2 Å². The molecule has 19 heavy (non-hydrogen) atoms. The van der Waals surface area contributed by atoms with E-state index in [1.165, 1.54) is 43.5 Å². The number of carboxylic acid groups (broad SMARTS) is 2. The molecule has 104 valence electrons. The molecule has 0 unspecified atom stereocenters. The van der Waals surface area contributed by atoms with Gasteiger partial charge >= 0.3 is 11.9 Å².